The van der Waals surface area contributed by atoms with Gasteiger partial charge in [-0.2, -0.15) is 13.2 Å². The van der Waals surface area contributed by atoms with Crippen LogP contribution in [0.15, 0.2) is 35.3 Å². The normalized spacial score (nSPS) is 17.7. The van der Waals surface area contributed by atoms with Crippen LogP contribution in [0.4, 0.5) is 13.2 Å². The topological polar surface area (TPSA) is 42.1 Å². The zero-order valence-electron chi connectivity index (χ0n) is 11.2. The number of hydrogen-bond donors (Lipinski definition) is 1. The van der Waals surface area contributed by atoms with Crippen LogP contribution in [0.1, 0.15) is 5.56 Å². The van der Waals surface area contributed by atoms with Crippen molar-refractivity contribution in [3.63, 3.8) is 0 Å². The molecule has 1 N–H and O–H groups in total. The van der Waals surface area contributed by atoms with E-state index in [2.05, 4.69) is 4.98 Å². The maximum atomic E-state index is 13.1. The molecule has 0 spiro atoms. The lowest BCUT2D eigenvalue weighted by molar-refractivity contribution is -0.181. The predicted octanol–water partition coefficient (Wildman–Crippen LogP) is 3.81. The SMILES string of the molecule is O=c1cc2c(c[nH]1)OCC(C(F)(F)F)Cc1ccc(Cl)cc1-2. The summed E-state index contributed by atoms with van der Waals surface area (Å²) < 4.78 is 44.6. The third-order valence-electron chi connectivity index (χ3n) is 3.62. The average Bonchev–Trinajstić information content (AvgIpc) is 2.42. The highest BCUT2D eigenvalue weighted by atomic mass is 35.5. The van der Waals surface area contributed by atoms with E-state index in [1.165, 1.54) is 12.3 Å². The number of ether oxygens (including phenoxy) is 1. The monoisotopic (exact) mass is 329 g/mol. The molecule has 1 aromatic heterocycles. The van der Waals surface area contributed by atoms with Crippen LogP contribution in [-0.2, 0) is 6.42 Å². The molecule has 0 saturated carbocycles. The van der Waals surface area contributed by atoms with E-state index in [9.17, 15) is 18.0 Å². The number of alkyl halides is 3. The minimum atomic E-state index is -4.36. The Morgan fingerprint density at radius 3 is 2.73 bits per heavy atom. The van der Waals surface area contributed by atoms with Crippen molar-refractivity contribution in [2.45, 2.75) is 12.6 Å². The van der Waals surface area contributed by atoms with Gasteiger partial charge < -0.3 is 9.72 Å². The molecule has 22 heavy (non-hydrogen) atoms. The summed E-state index contributed by atoms with van der Waals surface area (Å²) in [7, 11) is 0. The molecular formula is C15H11ClF3NO2. The highest BCUT2D eigenvalue weighted by molar-refractivity contribution is 6.30. The second-order valence-electron chi connectivity index (χ2n) is 5.13. The number of benzene rings is 1. The first kappa shape index (κ1) is 15.0. The van der Waals surface area contributed by atoms with Crippen LogP contribution in [-0.4, -0.2) is 17.8 Å². The third kappa shape index (κ3) is 2.83. The van der Waals surface area contributed by atoms with E-state index >= 15 is 0 Å². The molecule has 7 heteroatoms. The lowest BCUT2D eigenvalue weighted by Gasteiger charge is -2.25. The van der Waals surface area contributed by atoms with Crippen molar-refractivity contribution < 1.29 is 17.9 Å². The van der Waals surface area contributed by atoms with Crippen LogP contribution in [0.3, 0.4) is 0 Å². The lowest BCUT2D eigenvalue weighted by atomic mass is 9.91. The largest absolute Gasteiger partial charge is 0.491 e. The zero-order valence-corrected chi connectivity index (χ0v) is 12.0. The standard InChI is InChI=1S/C15H11ClF3NO2/c16-10-2-1-8-3-9(15(17,18)19)7-22-13-6-20-14(21)5-12(13)11(8)4-10/h1-2,4-6,9H,3,7H2,(H,20,21). The van der Waals surface area contributed by atoms with Crippen LogP contribution in [0.2, 0.25) is 5.02 Å². The molecule has 0 saturated heterocycles. The van der Waals surface area contributed by atoms with Gasteiger partial charge in [-0.1, -0.05) is 17.7 Å². The highest BCUT2D eigenvalue weighted by Crippen LogP contribution is 2.39. The van der Waals surface area contributed by atoms with Gasteiger partial charge in [-0.05, 0) is 29.7 Å². The van der Waals surface area contributed by atoms with Gasteiger partial charge in [0.05, 0.1) is 5.92 Å². The van der Waals surface area contributed by atoms with Gasteiger partial charge in [-0.25, -0.2) is 0 Å². The summed E-state index contributed by atoms with van der Waals surface area (Å²) in [5.41, 5.74) is 1.06. The summed E-state index contributed by atoms with van der Waals surface area (Å²) in [5.74, 6) is -1.41. The number of halogens is 4. The molecule has 0 amide bonds. The number of aromatic nitrogens is 1. The van der Waals surface area contributed by atoms with Crippen LogP contribution >= 0.6 is 11.6 Å². The highest BCUT2D eigenvalue weighted by Gasteiger charge is 2.41. The molecule has 116 valence electrons. The molecule has 1 aromatic carbocycles. The van der Waals surface area contributed by atoms with Gasteiger partial charge in [0.1, 0.15) is 12.4 Å². The summed E-state index contributed by atoms with van der Waals surface area (Å²) in [5, 5.41) is 0.383. The fraction of sp³-hybridized carbons (Fsp3) is 0.267. The predicted molar refractivity (Wildman–Crippen MR) is 76.3 cm³/mol. The molecule has 3 rings (SSSR count). The maximum Gasteiger partial charge on any atom is 0.395 e. The minimum Gasteiger partial charge on any atom is -0.491 e. The summed E-state index contributed by atoms with van der Waals surface area (Å²) in [6, 6.07) is 5.96. The second-order valence-corrected chi connectivity index (χ2v) is 5.57. The van der Waals surface area contributed by atoms with Gasteiger partial charge in [-0.15, -0.1) is 0 Å². The Labute approximate surface area is 128 Å². The quantitative estimate of drug-likeness (QED) is 0.798. The van der Waals surface area contributed by atoms with Crippen LogP contribution in [0, 0.1) is 5.92 Å². The van der Waals surface area contributed by atoms with Crippen molar-refractivity contribution in [3.8, 4) is 16.9 Å². The van der Waals surface area contributed by atoms with Crippen LogP contribution in [0.5, 0.6) is 5.75 Å². The molecular weight excluding hydrogens is 319 g/mol. The van der Waals surface area contributed by atoms with E-state index < -0.39 is 18.7 Å². The lowest BCUT2D eigenvalue weighted by Crippen LogP contribution is -2.32. The van der Waals surface area contributed by atoms with E-state index in [0.717, 1.165) is 0 Å². The molecule has 1 atom stereocenters. The molecule has 1 unspecified atom stereocenters. The first-order chi connectivity index (χ1) is 10.3. The number of hydrogen-bond acceptors (Lipinski definition) is 2. The number of nitrogens with one attached hydrogen (secondary N) is 1. The van der Waals surface area contributed by atoms with Gasteiger partial charge in [0.15, 0.2) is 0 Å². The maximum absolute atomic E-state index is 13.1. The van der Waals surface area contributed by atoms with Gasteiger partial charge in [0, 0.05) is 22.8 Å². The Bertz CT molecular complexity index is 770. The average molecular weight is 330 g/mol. The first-order valence-electron chi connectivity index (χ1n) is 6.55. The van der Waals surface area contributed by atoms with Crippen molar-refractivity contribution in [1.82, 2.24) is 4.98 Å². The summed E-state index contributed by atoms with van der Waals surface area (Å²) in [6.07, 6.45) is -3.31. The van der Waals surface area contributed by atoms with Crippen molar-refractivity contribution >= 4 is 11.6 Å². The Hall–Kier alpha value is -1.95. The molecule has 1 aliphatic heterocycles. The Morgan fingerprint density at radius 2 is 2.00 bits per heavy atom. The fourth-order valence-electron chi connectivity index (χ4n) is 2.49. The molecule has 0 radical (unpaired) electrons. The number of rotatable bonds is 0. The van der Waals surface area contributed by atoms with Crippen LogP contribution in [0.25, 0.3) is 11.1 Å². The number of pyridine rings is 1. The number of aromatic amines is 1. The summed E-state index contributed by atoms with van der Waals surface area (Å²) >= 11 is 5.95. The van der Waals surface area contributed by atoms with Crippen molar-refractivity contribution in [1.29, 1.82) is 0 Å². The third-order valence-corrected chi connectivity index (χ3v) is 3.85. The Morgan fingerprint density at radius 1 is 1.23 bits per heavy atom. The molecule has 3 nitrogen and oxygen atoms in total. The van der Waals surface area contributed by atoms with Crippen molar-refractivity contribution in [2.24, 2.45) is 5.92 Å². The van der Waals surface area contributed by atoms with Gasteiger partial charge in [0.25, 0.3) is 0 Å². The van der Waals surface area contributed by atoms with E-state index in [-0.39, 0.29) is 17.7 Å². The van der Waals surface area contributed by atoms with E-state index in [1.54, 1.807) is 18.2 Å². The van der Waals surface area contributed by atoms with Crippen molar-refractivity contribution in [3.05, 3.63) is 51.4 Å². The van der Waals surface area contributed by atoms with Crippen LogP contribution < -0.4 is 10.3 Å². The molecule has 0 aliphatic carbocycles. The van der Waals surface area contributed by atoms with E-state index in [0.29, 0.717) is 21.7 Å². The molecule has 2 heterocycles. The molecule has 1 aliphatic rings. The number of fused-ring (bicyclic) bond motifs is 3. The Balaban J connectivity index is 2.19. The second kappa shape index (κ2) is 5.35. The molecule has 2 aromatic rings. The van der Waals surface area contributed by atoms with Crippen molar-refractivity contribution in [2.75, 3.05) is 6.61 Å². The van der Waals surface area contributed by atoms with E-state index in [4.69, 9.17) is 16.3 Å². The molecule has 0 fully saturated rings. The molecule has 0 bridgehead atoms. The summed E-state index contributed by atoms with van der Waals surface area (Å²) in [6.45, 7) is -0.495. The minimum absolute atomic E-state index is 0.206. The van der Waals surface area contributed by atoms with Gasteiger partial charge >= 0.3 is 6.18 Å². The summed E-state index contributed by atoms with van der Waals surface area (Å²) in [4.78, 5) is 13.9. The smallest absolute Gasteiger partial charge is 0.395 e. The van der Waals surface area contributed by atoms with Gasteiger partial charge in [-0.3, -0.25) is 4.79 Å². The Kier molecular flexibility index (Phi) is 3.64. The van der Waals surface area contributed by atoms with E-state index in [1.807, 2.05) is 0 Å². The zero-order chi connectivity index (χ0) is 15.9. The first-order valence-corrected chi connectivity index (χ1v) is 6.93. The fourth-order valence-corrected chi connectivity index (χ4v) is 2.66. The van der Waals surface area contributed by atoms with Gasteiger partial charge in [0.2, 0.25) is 5.56 Å². The number of H-pyrrole nitrogens is 1.